The first-order valence-electron chi connectivity index (χ1n) is 9.55. The number of para-hydroxylation sites is 1. The highest BCUT2D eigenvalue weighted by Crippen LogP contribution is 2.35. The summed E-state index contributed by atoms with van der Waals surface area (Å²) in [6.07, 6.45) is 0. The molecule has 1 amide bonds. The molecule has 1 fully saturated rings. The number of ether oxygens (including phenoxy) is 2. The van der Waals surface area contributed by atoms with Crippen molar-refractivity contribution < 1.29 is 18.7 Å². The van der Waals surface area contributed by atoms with Crippen LogP contribution in [0.4, 0.5) is 5.13 Å². The molecule has 2 aromatic heterocycles. The molecule has 3 heterocycles. The molecule has 1 aromatic carbocycles. The maximum atomic E-state index is 13.2. The predicted octanol–water partition coefficient (Wildman–Crippen LogP) is 4.03. The van der Waals surface area contributed by atoms with E-state index in [1.165, 1.54) is 11.3 Å². The summed E-state index contributed by atoms with van der Waals surface area (Å²) in [5, 5.41) is 0.637. The molecule has 3 aromatic rings. The summed E-state index contributed by atoms with van der Waals surface area (Å²) in [5.41, 5.74) is 0.777. The number of nitrogens with zero attached hydrogens (tertiary/aromatic N) is 3. The molecule has 9 heteroatoms. The maximum absolute atomic E-state index is 13.2. The summed E-state index contributed by atoms with van der Waals surface area (Å²) in [6.45, 7) is 6.93. The van der Waals surface area contributed by atoms with Crippen molar-refractivity contribution in [1.29, 1.82) is 0 Å². The molecule has 0 saturated carbocycles. The van der Waals surface area contributed by atoms with Gasteiger partial charge in [0.25, 0.3) is 5.91 Å². The lowest BCUT2D eigenvalue weighted by atomic mass is 10.3. The lowest BCUT2D eigenvalue weighted by Gasteiger charge is -2.28. The minimum atomic E-state index is -0.207. The number of hydrogen-bond acceptors (Lipinski definition) is 7. The smallest absolute Gasteiger partial charge is 0.295 e. The van der Waals surface area contributed by atoms with E-state index < -0.39 is 0 Å². The standard InChI is InChI=1S/C20H22BrN3O4S/c1-2-27-14-4-3-5-16-18(14)22-20(29-16)24(9-8-23-10-12-26-13-11-23)19(25)15-6-7-17(21)28-15/h3-7H,2,8-13H2,1H3. The van der Waals surface area contributed by atoms with Crippen LogP contribution in [0.25, 0.3) is 10.2 Å². The van der Waals surface area contributed by atoms with Crippen LogP contribution in [-0.2, 0) is 4.74 Å². The molecule has 1 aliphatic rings. The van der Waals surface area contributed by atoms with Crippen LogP contribution in [0, 0.1) is 0 Å². The minimum absolute atomic E-state index is 0.207. The molecular formula is C20H22BrN3O4S. The van der Waals surface area contributed by atoms with E-state index in [-0.39, 0.29) is 11.7 Å². The van der Waals surface area contributed by atoms with E-state index in [1.54, 1.807) is 17.0 Å². The SMILES string of the molecule is CCOc1cccc2sc(N(CCN3CCOCC3)C(=O)c3ccc(Br)o3)nc12. The number of thiazole rings is 1. The van der Waals surface area contributed by atoms with Gasteiger partial charge in [-0.25, -0.2) is 4.98 Å². The minimum Gasteiger partial charge on any atom is -0.492 e. The topological polar surface area (TPSA) is 68.0 Å². The van der Waals surface area contributed by atoms with Gasteiger partial charge in [-0.15, -0.1) is 0 Å². The van der Waals surface area contributed by atoms with Crippen LogP contribution in [0.5, 0.6) is 5.75 Å². The molecule has 0 N–H and O–H groups in total. The van der Waals surface area contributed by atoms with Gasteiger partial charge in [0, 0.05) is 26.2 Å². The maximum Gasteiger partial charge on any atom is 0.295 e. The van der Waals surface area contributed by atoms with Crippen LogP contribution in [0.1, 0.15) is 17.5 Å². The monoisotopic (exact) mass is 479 g/mol. The van der Waals surface area contributed by atoms with Crippen molar-refractivity contribution in [2.75, 3.05) is 50.9 Å². The molecule has 1 saturated heterocycles. The van der Waals surface area contributed by atoms with Crippen LogP contribution >= 0.6 is 27.3 Å². The molecule has 0 spiro atoms. The number of anilines is 1. The van der Waals surface area contributed by atoms with Gasteiger partial charge in [-0.1, -0.05) is 17.4 Å². The second-order valence-corrected chi connectivity index (χ2v) is 8.34. The zero-order chi connectivity index (χ0) is 20.2. The Labute approximate surface area is 181 Å². The second kappa shape index (κ2) is 9.25. The third-order valence-corrected chi connectivity index (χ3v) is 6.14. The van der Waals surface area contributed by atoms with Gasteiger partial charge in [-0.2, -0.15) is 0 Å². The Hall–Kier alpha value is -1.94. The first-order valence-corrected chi connectivity index (χ1v) is 11.2. The van der Waals surface area contributed by atoms with Crippen molar-refractivity contribution in [2.24, 2.45) is 0 Å². The molecular weight excluding hydrogens is 458 g/mol. The first kappa shape index (κ1) is 20.3. The van der Waals surface area contributed by atoms with Crippen LogP contribution in [0.2, 0.25) is 0 Å². The summed E-state index contributed by atoms with van der Waals surface area (Å²) in [6, 6.07) is 9.23. The van der Waals surface area contributed by atoms with Gasteiger partial charge in [0.05, 0.1) is 24.5 Å². The summed E-state index contributed by atoms with van der Waals surface area (Å²) in [5.74, 6) is 0.804. The normalized spacial score (nSPS) is 15.0. The van der Waals surface area contributed by atoms with Crippen LogP contribution in [0.15, 0.2) is 39.4 Å². The quantitative estimate of drug-likeness (QED) is 0.509. The van der Waals surface area contributed by atoms with Crippen molar-refractivity contribution in [2.45, 2.75) is 6.92 Å². The number of carbonyl (C=O) groups excluding carboxylic acids is 1. The van der Waals surface area contributed by atoms with Gasteiger partial charge >= 0.3 is 0 Å². The van der Waals surface area contributed by atoms with Gasteiger partial charge in [0.15, 0.2) is 15.6 Å². The largest absolute Gasteiger partial charge is 0.492 e. The fraction of sp³-hybridized carbons (Fsp3) is 0.400. The Bertz CT molecular complexity index is 983. The highest BCUT2D eigenvalue weighted by Gasteiger charge is 2.25. The molecule has 0 atom stereocenters. The van der Waals surface area contributed by atoms with Crippen LogP contribution in [-0.4, -0.2) is 61.8 Å². The van der Waals surface area contributed by atoms with Gasteiger partial charge in [0.2, 0.25) is 0 Å². The van der Waals surface area contributed by atoms with Crippen LogP contribution in [0.3, 0.4) is 0 Å². The number of fused-ring (bicyclic) bond motifs is 1. The van der Waals surface area contributed by atoms with Crippen molar-refractivity contribution >= 4 is 48.5 Å². The number of rotatable bonds is 7. The molecule has 0 unspecified atom stereocenters. The molecule has 0 radical (unpaired) electrons. The van der Waals surface area contributed by atoms with E-state index in [0.29, 0.717) is 23.0 Å². The van der Waals surface area contributed by atoms with E-state index in [1.807, 2.05) is 25.1 Å². The third-order valence-electron chi connectivity index (χ3n) is 4.67. The number of hydrogen-bond donors (Lipinski definition) is 0. The molecule has 29 heavy (non-hydrogen) atoms. The van der Waals surface area contributed by atoms with Gasteiger partial charge < -0.3 is 13.9 Å². The zero-order valence-corrected chi connectivity index (χ0v) is 18.5. The molecule has 4 rings (SSSR count). The number of halogens is 1. The average molecular weight is 480 g/mol. The Morgan fingerprint density at radius 3 is 2.86 bits per heavy atom. The number of carbonyl (C=O) groups is 1. The molecule has 154 valence electrons. The fourth-order valence-electron chi connectivity index (χ4n) is 3.21. The number of aromatic nitrogens is 1. The van der Waals surface area contributed by atoms with Gasteiger partial charge in [-0.3, -0.25) is 14.6 Å². The summed E-state index contributed by atoms with van der Waals surface area (Å²) in [4.78, 5) is 22.0. The van der Waals surface area contributed by atoms with E-state index >= 15 is 0 Å². The Morgan fingerprint density at radius 1 is 1.31 bits per heavy atom. The third kappa shape index (κ3) is 4.63. The molecule has 1 aliphatic heterocycles. The summed E-state index contributed by atoms with van der Waals surface area (Å²) < 4.78 is 18.2. The lowest BCUT2D eigenvalue weighted by molar-refractivity contribution is 0.0390. The van der Waals surface area contributed by atoms with Crippen molar-refractivity contribution in [3.05, 3.63) is 40.8 Å². The number of furan rings is 1. The van der Waals surface area contributed by atoms with Gasteiger partial charge in [0.1, 0.15) is 11.3 Å². The van der Waals surface area contributed by atoms with E-state index in [0.717, 1.165) is 48.8 Å². The Morgan fingerprint density at radius 2 is 2.14 bits per heavy atom. The van der Waals surface area contributed by atoms with Crippen molar-refractivity contribution in [3.8, 4) is 5.75 Å². The second-order valence-electron chi connectivity index (χ2n) is 6.55. The van der Waals surface area contributed by atoms with E-state index in [4.69, 9.17) is 18.9 Å². The highest BCUT2D eigenvalue weighted by atomic mass is 79.9. The zero-order valence-electron chi connectivity index (χ0n) is 16.1. The summed E-state index contributed by atoms with van der Waals surface area (Å²) in [7, 11) is 0. The Balaban J connectivity index is 1.64. The van der Waals surface area contributed by atoms with Gasteiger partial charge in [-0.05, 0) is 47.1 Å². The van der Waals surface area contributed by atoms with Crippen molar-refractivity contribution in [3.63, 3.8) is 0 Å². The fourth-order valence-corrected chi connectivity index (χ4v) is 4.53. The van der Waals surface area contributed by atoms with E-state index in [9.17, 15) is 4.79 Å². The average Bonchev–Trinajstić information content (AvgIpc) is 3.36. The predicted molar refractivity (Wildman–Crippen MR) is 116 cm³/mol. The summed E-state index contributed by atoms with van der Waals surface area (Å²) >= 11 is 4.75. The molecule has 0 bridgehead atoms. The number of amides is 1. The lowest BCUT2D eigenvalue weighted by Crippen LogP contribution is -2.43. The first-order chi connectivity index (χ1) is 14.2. The highest BCUT2D eigenvalue weighted by molar-refractivity contribution is 9.10. The Kier molecular flexibility index (Phi) is 6.49. The number of benzene rings is 1. The van der Waals surface area contributed by atoms with Crippen LogP contribution < -0.4 is 9.64 Å². The number of morpholine rings is 1. The van der Waals surface area contributed by atoms with E-state index in [2.05, 4.69) is 20.8 Å². The molecule has 0 aliphatic carbocycles. The molecule has 7 nitrogen and oxygen atoms in total. The van der Waals surface area contributed by atoms with Crippen molar-refractivity contribution in [1.82, 2.24) is 9.88 Å².